The molecule has 2 aromatic rings. The SMILES string of the molecule is C=COc1ccc(C(=O)[C@@H](CO)NC(=O)OCc2ccccc2)cc1Cl. The van der Waals surface area contributed by atoms with Gasteiger partial charge < -0.3 is 19.9 Å². The Morgan fingerprint density at radius 2 is 1.96 bits per heavy atom. The molecule has 0 bridgehead atoms. The summed E-state index contributed by atoms with van der Waals surface area (Å²) in [6.07, 6.45) is 0.405. The molecule has 2 rings (SSSR count). The summed E-state index contributed by atoms with van der Waals surface area (Å²) in [5.74, 6) is -0.162. The van der Waals surface area contributed by atoms with Crippen LogP contribution in [0.3, 0.4) is 0 Å². The number of aliphatic hydroxyl groups is 1. The molecule has 7 heteroatoms. The lowest BCUT2D eigenvalue weighted by Gasteiger charge is -2.16. The second kappa shape index (κ2) is 9.60. The number of benzene rings is 2. The molecule has 1 amide bonds. The summed E-state index contributed by atoms with van der Waals surface area (Å²) in [5.41, 5.74) is 1.02. The minimum absolute atomic E-state index is 0.0540. The number of carbonyl (C=O) groups excluding carboxylic acids is 2. The molecule has 0 aliphatic carbocycles. The first-order chi connectivity index (χ1) is 12.5. The van der Waals surface area contributed by atoms with Crippen LogP contribution in [0.2, 0.25) is 5.02 Å². The molecule has 0 spiro atoms. The van der Waals surface area contributed by atoms with E-state index in [0.717, 1.165) is 5.56 Å². The molecule has 136 valence electrons. The van der Waals surface area contributed by atoms with Crippen LogP contribution in [-0.4, -0.2) is 29.6 Å². The Kier molecular flexibility index (Phi) is 7.20. The molecule has 0 aliphatic rings. The van der Waals surface area contributed by atoms with Gasteiger partial charge in [-0.1, -0.05) is 48.5 Å². The highest BCUT2D eigenvalue weighted by Crippen LogP contribution is 2.26. The minimum atomic E-state index is -1.15. The van der Waals surface area contributed by atoms with E-state index < -0.39 is 24.5 Å². The number of rotatable bonds is 8. The number of ether oxygens (including phenoxy) is 2. The lowest BCUT2D eigenvalue weighted by atomic mass is 10.0. The van der Waals surface area contributed by atoms with Gasteiger partial charge in [0.05, 0.1) is 17.9 Å². The first-order valence-electron chi connectivity index (χ1n) is 7.74. The van der Waals surface area contributed by atoms with Crippen LogP contribution < -0.4 is 10.1 Å². The minimum Gasteiger partial charge on any atom is -0.464 e. The number of Topliss-reactive ketones (excluding diaryl/α,β-unsaturated/α-hetero) is 1. The third kappa shape index (κ3) is 5.34. The van der Waals surface area contributed by atoms with E-state index >= 15 is 0 Å². The largest absolute Gasteiger partial charge is 0.464 e. The van der Waals surface area contributed by atoms with Crippen molar-refractivity contribution in [1.82, 2.24) is 5.32 Å². The van der Waals surface area contributed by atoms with Gasteiger partial charge in [-0.05, 0) is 23.8 Å². The number of halogens is 1. The predicted molar refractivity (Wildman–Crippen MR) is 97.2 cm³/mol. The summed E-state index contributed by atoms with van der Waals surface area (Å²) < 4.78 is 10.1. The average Bonchev–Trinajstić information content (AvgIpc) is 2.66. The number of aliphatic hydroxyl groups excluding tert-OH is 1. The summed E-state index contributed by atoms with van der Waals surface area (Å²) in [6.45, 7) is 2.90. The molecule has 2 aromatic carbocycles. The van der Waals surface area contributed by atoms with E-state index in [4.69, 9.17) is 21.1 Å². The Bertz CT molecular complexity index is 779. The smallest absolute Gasteiger partial charge is 0.408 e. The van der Waals surface area contributed by atoms with E-state index in [1.54, 1.807) is 12.1 Å². The zero-order chi connectivity index (χ0) is 18.9. The normalized spacial score (nSPS) is 11.3. The Morgan fingerprint density at radius 3 is 2.58 bits per heavy atom. The summed E-state index contributed by atoms with van der Waals surface area (Å²) in [5, 5.41) is 12.0. The molecule has 26 heavy (non-hydrogen) atoms. The van der Waals surface area contributed by atoms with E-state index in [0.29, 0.717) is 5.75 Å². The monoisotopic (exact) mass is 375 g/mol. The summed E-state index contributed by atoms with van der Waals surface area (Å²) in [6, 6.07) is 12.3. The Labute approximate surface area is 156 Å². The summed E-state index contributed by atoms with van der Waals surface area (Å²) in [7, 11) is 0. The molecule has 6 nitrogen and oxygen atoms in total. The van der Waals surface area contributed by atoms with E-state index in [1.165, 1.54) is 24.5 Å². The van der Waals surface area contributed by atoms with Gasteiger partial charge in [0.1, 0.15) is 18.4 Å². The van der Waals surface area contributed by atoms with Crippen LogP contribution in [0.1, 0.15) is 15.9 Å². The van der Waals surface area contributed by atoms with Gasteiger partial charge in [-0.25, -0.2) is 4.79 Å². The van der Waals surface area contributed by atoms with Gasteiger partial charge in [-0.15, -0.1) is 0 Å². The number of hydrogen-bond donors (Lipinski definition) is 2. The number of hydrogen-bond acceptors (Lipinski definition) is 5. The van der Waals surface area contributed by atoms with E-state index in [1.807, 2.05) is 18.2 Å². The molecule has 1 atom stereocenters. The predicted octanol–water partition coefficient (Wildman–Crippen LogP) is 3.33. The molecule has 0 fully saturated rings. The van der Waals surface area contributed by atoms with Gasteiger partial charge in [0.2, 0.25) is 0 Å². The highest BCUT2D eigenvalue weighted by atomic mass is 35.5. The first kappa shape index (κ1) is 19.5. The number of amides is 1. The van der Waals surface area contributed by atoms with E-state index in [2.05, 4.69) is 11.9 Å². The summed E-state index contributed by atoms with van der Waals surface area (Å²) in [4.78, 5) is 24.3. The molecule has 2 N–H and O–H groups in total. The second-order valence-electron chi connectivity index (χ2n) is 5.24. The fourth-order valence-corrected chi connectivity index (χ4v) is 2.37. The molecule has 0 heterocycles. The van der Waals surface area contributed by atoms with Gasteiger partial charge in [0.25, 0.3) is 0 Å². The molecule has 0 aliphatic heterocycles. The van der Waals surface area contributed by atoms with Crippen molar-refractivity contribution in [2.45, 2.75) is 12.6 Å². The fraction of sp³-hybridized carbons (Fsp3) is 0.158. The zero-order valence-electron chi connectivity index (χ0n) is 13.9. The molecule has 0 saturated carbocycles. The molecular formula is C19H18ClNO5. The van der Waals surface area contributed by atoms with Gasteiger partial charge >= 0.3 is 6.09 Å². The van der Waals surface area contributed by atoms with Crippen molar-refractivity contribution in [3.8, 4) is 5.75 Å². The Hall–Kier alpha value is -2.83. The third-order valence-electron chi connectivity index (χ3n) is 3.43. The van der Waals surface area contributed by atoms with Gasteiger partial charge in [-0.2, -0.15) is 0 Å². The van der Waals surface area contributed by atoms with Crippen molar-refractivity contribution in [2.75, 3.05) is 6.61 Å². The lowest BCUT2D eigenvalue weighted by molar-refractivity contribution is 0.0864. The maximum absolute atomic E-state index is 12.5. The van der Waals surface area contributed by atoms with Crippen LogP contribution >= 0.6 is 11.6 Å². The average molecular weight is 376 g/mol. The lowest BCUT2D eigenvalue weighted by Crippen LogP contribution is -2.43. The van der Waals surface area contributed by atoms with E-state index in [9.17, 15) is 14.7 Å². The van der Waals surface area contributed by atoms with Crippen molar-refractivity contribution < 1.29 is 24.2 Å². The third-order valence-corrected chi connectivity index (χ3v) is 3.73. The van der Waals surface area contributed by atoms with Crippen molar-refractivity contribution in [3.63, 3.8) is 0 Å². The van der Waals surface area contributed by atoms with Gasteiger partial charge in [0, 0.05) is 5.56 Å². The summed E-state index contributed by atoms with van der Waals surface area (Å²) >= 11 is 6.02. The van der Waals surface area contributed by atoms with E-state index in [-0.39, 0.29) is 17.2 Å². The maximum Gasteiger partial charge on any atom is 0.408 e. The number of alkyl carbamates (subject to hydrolysis) is 1. The quantitative estimate of drug-likeness (QED) is 0.546. The zero-order valence-corrected chi connectivity index (χ0v) is 14.6. The Morgan fingerprint density at radius 1 is 1.23 bits per heavy atom. The highest BCUT2D eigenvalue weighted by molar-refractivity contribution is 6.32. The Balaban J connectivity index is 1.98. The van der Waals surface area contributed by atoms with Crippen LogP contribution in [0.4, 0.5) is 4.79 Å². The molecular weight excluding hydrogens is 358 g/mol. The van der Waals surface area contributed by atoms with Crippen LogP contribution in [-0.2, 0) is 11.3 Å². The van der Waals surface area contributed by atoms with Gasteiger partial charge in [0.15, 0.2) is 5.78 Å². The van der Waals surface area contributed by atoms with Crippen molar-refractivity contribution in [3.05, 3.63) is 77.5 Å². The molecule has 0 radical (unpaired) electrons. The number of ketones is 1. The van der Waals surface area contributed by atoms with Crippen LogP contribution in [0.5, 0.6) is 5.75 Å². The topological polar surface area (TPSA) is 84.9 Å². The number of carbonyl (C=O) groups is 2. The molecule has 0 aromatic heterocycles. The number of nitrogens with one attached hydrogen (secondary N) is 1. The molecule has 0 saturated heterocycles. The standard InChI is InChI=1S/C19H18ClNO5/c1-2-25-17-9-8-14(10-15(17)20)18(23)16(11-22)21-19(24)26-12-13-6-4-3-5-7-13/h2-10,16,22H,1,11-12H2,(H,21,24)/t16-/m1/s1. The highest BCUT2D eigenvalue weighted by Gasteiger charge is 2.23. The maximum atomic E-state index is 12.5. The fourth-order valence-electron chi connectivity index (χ4n) is 2.14. The van der Waals surface area contributed by atoms with Crippen LogP contribution in [0.15, 0.2) is 61.4 Å². The first-order valence-corrected chi connectivity index (χ1v) is 8.12. The molecule has 0 unspecified atom stereocenters. The van der Waals surface area contributed by atoms with Gasteiger partial charge in [-0.3, -0.25) is 4.79 Å². The van der Waals surface area contributed by atoms with Crippen molar-refractivity contribution in [1.29, 1.82) is 0 Å². The van der Waals surface area contributed by atoms with Crippen molar-refractivity contribution >= 4 is 23.5 Å². The second-order valence-corrected chi connectivity index (χ2v) is 5.64. The van der Waals surface area contributed by atoms with Crippen LogP contribution in [0, 0.1) is 0 Å². The van der Waals surface area contributed by atoms with Crippen molar-refractivity contribution in [2.24, 2.45) is 0 Å². The van der Waals surface area contributed by atoms with Crippen LogP contribution in [0.25, 0.3) is 0 Å².